The van der Waals surface area contributed by atoms with Crippen molar-refractivity contribution in [2.45, 2.75) is 49.9 Å². The molecule has 8 heteroatoms. The highest BCUT2D eigenvalue weighted by molar-refractivity contribution is 7.99. The molecule has 1 fully saturated rings. The van der Waals surface area contributed by atoms with Crippen LogP contribution < -0.4 is 5.32 Å². The van der Waals surface area contributed by atoms with Crippen LogP contribution in [0.1, 0.15) is 30.4 Å². The number of carbonyl (C=O) groups is 1. The predicted molar refractivity (Wildman–Crippen MR) is 122 cm³/mol. The van der Waals surface area contributed by atoms with Gasteiger partial charge in [-0.25, -0.2) is 4.39 Å². The largest absolute Gasteiger partial charge is 0.376 e. The van der Waals surface area contributed by atoms with E-state index in [2.05, 4.69) is 27.6 Å². The molecule has 1 saturated heterocycles. The van der Waals surface area contributed by atoms with Gasteiger partial charge < -0.3 is 10.1 Å². The number of benzene rings is 2. The summed E-state index contributed by atoms with van der Waals surface area (Å²) in [5.74, 6) is 0.506. The highest BCUT2D eigenvalue weighted by Crippen LogP contribution is 2.28. The highest BCUT2D eigenvalue weighted by Gasteiger charge is 2.22. The first kappa shape index (κ1) is 21.2. The number of anilines is 1. The molecule has 3 aromatic rings. The first-order valence-corrected chi connectivity index (χ1v) is 12.0. The standard InChI is InChI=1S/C24H25FN4O2S/c25-19-9-6-17(7-10-19)23-27-28-24(29(23)14-21-5-2-12-31-21)32-15-22(30)26-20-11-8-16-3-1-4-18(16)13-20/h6-11,13,21H,1-5,12,14-15H2,(H,26,30). The van der Waals surface area contributed by atoms with Crippen molar-refractivity contribution in [3.63, 3.8) is 0 Å². The molecule has 5 rings (SSSR count). The smallest absolute Gasteiger partial charge is 0.234 e. The number of fused-ring (bicyclic) bond motifs is 1. The summed E-state index contributed by atoms with van der Waals surface area (Å²) >= 11 is 1.35. The molecule has 0 saturated carbocycles. The molecule has 2 aromatic carbocycles. The van der Waals surface area contributed by atoms with Crippen molar-refractivity contribution in [1.29, 1.82) is 0 Å². The summed E-state index contributed by atoms with van der Waals surface area (Å²) < 4.78 is 21.2. The fourth-order valence-corrected chi connectivity index (χ4v) is 5.09. The van der Waals surface area contributed by atoms with Crippen molar-refractivity contribution < 1.29 is 13.9 Å². The number of ether oxygens (including phenoxy) is 1. The van der Waals surface area contributed by atoms with Gasteiger partial charge in [-0.2, -0.15) is 0 Å². The maximum absolute atomic E-state index is 13.4. The zero-order valence-corrected chi connectivity index (χ0v) is 18.5. The number of halogens is 1. The van der Waals surface area contributed by atoms with Crippen LogP contribution in [0.25, 0.3) is 11.4 Å². The van der Waals surface area contributed by atoms with E-state index < -0.39 is 0 Å². The second-order valence-electron chi connectivity index (χ2n) is 8.23. The van der Waals surface area contributed by atoms with Crippen LogP contribution in [0.4, 0.5) is 10.1 Å². The van der Waals surface area contributed by atoms with Gasteiger partial charge in [0, 0.05) is 17.9 Å². The Hall–Kier alpha value is -2.71. The molecular formula is C24H25FN4O2S. The van der Waals surface area contributed by atoms with Gasteiger partial charge in [0.15, 0.2) is 11.0 Å². The van der Waals surface area contributed by atoms with Crippen LogP contribution in [0, 0.1) is 5.82 Å². The third-order valence-electron chi connectivity index (χ3n) is 5.94. The van der Waals surface area contributed by atoms with Crippen molar-refractivity contribution in [3.05, 3.63) is 59.4 Å². The Balaban J connectivity index is 1.30. The summed E-state index contributed by atoms with van der Waals surface area (Å²) in [6.07, 6.45) is 5.47. The van der Waals surface area contributed by atoms with Gasteiger partial charge in [0.05, 0.1) is 18.4 Å². The zero-order chi connectivity index (χ0) is 21.9. The second-order valence-corrected chi connectivity index (χ2v) is 9.18. The summed E-state index contributed by atoms with van der Waals surface area (Å²) in [4.78, 5) is 12.6. The third-order valence-corrected chi connectivity index (χ3v) is 6.91. The fourth-order valence-electron chi connectivity index (χ4n) is 4.34. The first-order valence-electron chi connectivity index (χ1n) is 11.0. The van der Waals surface area contributed by atoms with E-state index in [9.17, 15) is 9.18 Å². The Kier molecular flexibility index (Phi) is 6.23. The number of nitrogens with one attached hydrogen (secondary N) is 1. The van der Waals surface area contributed by atoms with Crippen LogP contribution in [0.3, 0.4) is 0 Å². The molecule has 6 nitrogen and oxygen atoms in total. The average Bonchev–Trinajstić information content (AvgIpc) is 3.54. The molecule has 32 heavy (non-hydrogen) atoms. The minimum Gasteiger partial charge on any atom is -0.376 e. The third kappa shape index (κ3) is 4.71. The zero-order valence-electron chi connectivity index (χ0n) is 17.7. The van der Waals surface area contributed by atoms with Crippen molar-refractivity contribution >= 4 is 23.4 Å². The monoisotopic (exact) mass is 452 g/mol. The minimum absolute atomic E-state index is 0.0806. The number of hydrogen-bond donors (Lipinski definition) is 1. The van der Waals surface area contributed by atoms with E-state index in [1.54, 1.807) is 12.1 Å². The highest BCUT2D eigenvalue weighted by atomic mass is 32.2. The number of rotatable bonds is 7. The number of amides is 1. The summed E-state index contributed by atoms with van der Waals surface area (Å²) in [6, 6.07) is 12.4. The Morgan fingerprint density at radius 2 is 1.97 bits per heavy atom. The van der Waals surface area contributed by atoms with E-state index in [-0.39, 0.29) is 23.6 Å². The van der Waals surface area contributed by atoms with Crippen LogP contribution in [-0.2, 0) is 28.9 Å². The van der Waals surface area contributed by atoms with Crippen molar-refractivity contribution in [2.24, 2.45) is 0 Å². The van der Waals surface area contributed by atoms with Crippen LogP contribution in [0.5, 0.6) is 0 Å². The second kappa shape index (κ2) is 9.42. The lowest BCUT2D eigenvalue weighted by molar-refractivity contribution is -0.113. The fraction of sp³-hybridized carbons (Fsp3) is 0.375. The quantitative estimate of drug-likeness (QED) is 0.535. The molecule has 2 heterocycles. The van der Waals surface area contributed by atoms with Gasteiger partial charge in [0.25, 0.3) is 0 Å². The molecule has 1 amide bonds. The molecule has 1 unspecified atom stereocenters. The Labute approximate surface area is 190 Å². The van der Waals surface area contributed by atoms with Gasteiger partial charge in [-0.3, -0.25) is 9.36 Å². The van der Waals surface area contributed by atoms with Crippen molar-refractivity contribution in [3.8, 4) is 11.4 Å². The van der Waals surface area contributed by atoms with E-state index in [1.165, 1.54) is 41.4 Å². The van der Waals surface area contributed by atoms with Crippen molar-refractivity contribution in [2.75, 3.05) is 17.7 Å². The number of hydrogen-bond acceptors (Lipinski definition) is 5. The molecule has 0 bridgehead atoms. The van der Waals surface area contributed by atoms with Gasteiger partial charge in [-0.15, -0.1) is 10.2 Å². The summed E-state index contributed by atoms with van der Waals surface area (Å²) in [5.41, 5.74) is 4.33. The van der Waals surface area contributed by atoms with Crippen LogP contribution in [0.2, 0.25) is 0 Å². The number of aromatic nitrogens is 3. The topological polar surface area (TPSA) is 69.0 Å². The van der Waals surface area contributed by atoms with E-state index in [0.29, 0.717) is 17.5 Å². The Bertz CT molecular complexity index is 1110. The summed E-state index contributed by atoms with van der Waals surface area (Å²) in [7, 11) is 0. The first-order chi connectivity index (χ1) is 15.7. The molecule has 2 aliphatic rings. The molecule has 0 spiro atoms. The lowest BCUT2D eigenvalue weighted by Gasteiger charge is -2.15. The lowest BCUT2D eigenvalue weighted by atomic mass is 10.1. The molecule has 1 aromatic heterocycles. The van der Waals surface area contributed by atoms with Crippen LogP contribution in [0.15, 0.2) is 47.6 Å². The SMILES string of the molecule is O=C(CSc1nnc(-c2ccc(F)cc2)n1CC1CCCO1)Nc1ccc2c(c1)CCC2. The molecule has 1 aliphatic carbocycles. The number of aryl methyl sites for hydroxylation is 2. The molecule has 1 aliphatic heterocycles. The number of carbonyl (C=O) groups excluding carboxylic acids is 1. The number of nitrogens with zero attached hydrogens (tertiary/aromatic N) is 3. The Morgan fingerprint density at radius 1 is 1.12 bits per heavy atom. The molecule has 1 N–H and O–H groups in total. The normalized spacial score (nSPS) is 17.5. The number of thioether (sulfide) groups is 1. The van der Waals surface area contributed by atoms with Crippen LogP contribution >= 0.6 is 11.8 Å². The summed E-state index contributed by atoms with van der Waals surface area (Å²) in [6.45, 7) is 1.36. The van der Waals surface area contributed by atoms with E-state index in [1.807, 2.05) is 10.6 Å². The average molecular weight is 453 g/mol. The minimum atomic E-state index is -0.295. The molecule has 1 atom stereocenters. The summed E-state index contributed by atoms with van der Waals surface area (Å²) in [5, 5.41) is 12.3. The van der Waals surface area contributed by atoms with Gasteiger partial charge in [0.2, 0.25) is 5.91 Å². The maximum Gasteiger partial charge on any atom is 0.234 e. The lowest BCUT2D eigenvalue weighted by Crippen LogP contribution is -2.18. The predicted octanol–water partition coefficient (Wildman–Crippen LogP) is 4.48. The van der Waals surface area contributed by atoms with Gasteiger partial charge in [-0.1, -0.05) is 17.8 Å². The maximum atomic E-state index is 13.4. The molecule has 166 valence electrons. The Morgan fingerprint density at radius 3 is 2.78 bits per heavy atom. The van der Waals surface area contributed by atoms with Crippen molar-refractivity contribution in [1.82, 2.24) is 14.8 Å². The van der Waals surface area contributed by atoms with Gasteiger partial charge in [0.1, 0.15) is 5.82 Å². The molecule has 0 radical (unpaired) electrons. The van der Waals surface area contributed by atoms with E-state index >= 15 is 0 Å². The van der Waals surface area contributed by atoms with Gasteiger partial charge in [-0.05, 0) is 79.6 Å². The van der Waals surface area contributed by atoms with Crippen LogP contribution in [-0.4, -0.2) is 39.1 Å². The van der Waals surface area contributed by atoms with Gasteiger partial charge >= 0.3 is 0 Å². The van der Waals surface area contributed by atoms with E-state index in [0.717, 1.165) is 43.5 Å². The van der Waals surface area contributed by atoms with E-state index in [4.69, 9.17) is 4.74 Å². The molecular weight excluding hydrogens is 427 g/mol.